The molecule has 0 bridgehead atoms. The van der Waals surface area contributed by atoms with Crippen LogP contribution >= 0.6 is 12.2 Å². The monoisotopic (exact) mass is 1230 g/mol. The van der Waals surface area contributed by atoms with Gasteiger partial charge in [0.1, 0.15) is 29.5 Å². The smallest absolute Gasteiger partial charge is 0.412 e. The van der Waals surface area contributed by atoms with Gasteiger partial charge in [0.25, 0.3) is 5.17 Å². The lowest BCUT2D eigenvalue weighted by molar-refractivity contribution is 0.0258. The van der Waals surface area contributed by atoms with Crippen molar-refractivity contribution in [2.45, 2.75) is 96.2 Å². The summed E-state index contributed by atoms with van der Waals surface area (Å²) in [7, 11) is 0. The van der Waals surface area contributed by atoms with Crippen LogP contribution in [0.15, 0.2) is 201 Å². The molecule has 90 heavy (non-hydrogen) atoms. The topological polar surface area (TPSA) is 208 Å². The number of thiocarbonyl (C=S) groups is 1. The molecule has 3 aliphatic rings. The van der Waals surface area contributed by atoms with E-state index in [9.17, 15) is 19.2 Å². The van der Waals surface area contributed by atoms with E-state index >= 15 is 0 Å². The van der Waals surface area contributed by atoms with E-state index in [0.717, 1.165) is 61.4 Å². The summed E-state index contributed by atoms with van der Waals surface area (Å²) in [6.07, 6.45) is 7.75. The summed E-state index contributed by atoms with van der Waals surface area (Å²) in [4.78, 5) is 66.3. The quantitative estimate of drug-likeness (QED) is 0.0783. The van der Waals surface area contributed by atoms with E-state index in [0.29, 0.717) is 31.9 Å². The molecule has 4 amide bonds. The maximum Gasteiger partial charge on any atom is 0.412 e. The number of benzene rings is 6. The Bertz CT molecular complexity index is 3710. The van der Waals surface area contributed by atoms with Crippen molar-refractivity contribution in [2.24, 2.45) is 0 Å². The molecule has 0 radical (unpaired) electrons. The minimum Gasteiger partial charge on any atom is -0.465 e. The highest BCUT2D eigenvalue weighted by atomic mass is 32.1. The fraction of sp³-hybridized carbons (Fsp3) is 0.296. The summed E-state index contributed by atoms with van der Waals surface area (Å²) in [5, 5.41) is 18.2. The zero-order valence-electron chi connectivity index (χ0n) is 50.6. The lowest BCUT2D eigenvalue weighted by Crippen LogP contribution is -2.36. The van der Waals surface area contributed by atoms with Crippen molar-refractivity contribution in [3.8, 4) is 0 Å². The Hall–Kier alpha value is -9.72. The molecule has 18 nitrogen and oxygen atoms in total. The number of nitrogens with zero attached hydrogens (tertiary/aromatic N) is 5. The van der Waals surface area contributed by atoms with E-state index in [4.69, 9.17) is 35.9 Å². The van der Waals surface area contributed by atoms with Gasteiger partial charge in [-0.1, -0.05) is 135 Å². The Morgan fingerprint density at radius 2 is 0.811 bits per heavy atom. The first-order valence-electron chi connectivity index (χ1n) is 29.6. The summed E-state index contributed by atoms with van der Waals surface area (Å²) < 4.78 is 28.8. The van der Waals surface area contributed by atoms with Crippen molar-refractivity contribution in [3.63, 3.8) is 0 Å². The van der Waals surface area contributed by atoms with Gasteiger partial charge in [-0.15, -0.1) is 0 Å². The summed E-state index contributed by atoms with van der Waals surface area (Å²) in [6.45, 7) is 14.1. The van der Waals surface area contributed by atoms with Crippen LogP contribution in [0.2, 0.25) is 0 Å². The molecule has 0 saturated carbocycles. The van der Waals surface area contributed by atoms with Crippen LogP contribution < -0.4 is 21.3 Å². The molecule has 3 fully saturated rings. The molecule has 3 saturated heterocycles. The number of hydrogen-bond acceptors (Lipinski definition) is 14. The van der Waals surface area contributed by atoms with Crippen LogP contribution in [0.1, 0.15) is 83.4 Å². The normalized spacial score (nSPS) is 18.6. The molecule has 3 aliphatic heterocycles. The number of fused-ring (bicyclic) bond motifs is 3. The Kier molecular flexibility index (Phi) is 21.2. The summed E-state index contributed by atoms with van der Waals surface area (Å²) in [5.74, 6) is 0.00930. The fourth-order valence-corrected chi connectivity index (χ4v) is 11.3. The number of likely N-dealkylation sites (tertiary alicyclic amines) is 2. The number of anilines is 3. The average molecular weight is 1230 g/mol. The van der Waals surface area contributed by atoms with Crippen molar-refractivity contribution >= 4 is 91.1 Å². The van der Waals surface area contributed by atoms with Crippen molar-refractivity contribution in [1.29, 1.82) is 0 Å². The predicted molar refractivity (Wildman–Crippen MR) is 357 cm³/mol. The van der Waals surface area contributed by atoms with Gasteiger partial charge in [-0.2, -0.15) is 0 Å². The van der Waals surface area contributed by atoms with Crippen molar-refractivity contribution in [2.75, 3.05) is 55.2 Å². The second-order valence-corrected chi connectivity index (χ2v) is 24.3. The van der Waals surface area contributed by atoms with Crippen molar-refractivity contribution in [1.82, 2.24) is 30.1 Å². The molecule has 0 spiro atoms. The Morgan fingerprint density at radius 3 is 1.21 bits per heavy atom. The highest BCUT2D eigenvalue weighted by Crippen LogP contribution is 2.35. The maximum atomic E-state index is 12.8. The first-order valence-corrected chi connectivity index (χ1v) is 30.0. The van der Waals surface area contributed by atoms with Gasteiger partial charge >= 0.3 is 24.4 Å². The molecule has 6 aromatic carbocycles. The van der Waals surface area contributed by atoms with Gasteiger partial charge < -0.3 is 44.1 Å². The Morgan fingerprint density at radius 1 is 0.444 bits per heavy atom. The molecule has 19 heteroatoms. The Balaban J connectivity index is 0.000000160. The molecular formula is C71H77N9O9S. The molecular weight excluding hydrogens is 1150 g/mol. The van der Waals surface area contributed by atoms with Crippen LogP contribution in [0, 0.1) is 0 Å². The van der Waals surface area contributed by atoms with Crippen LogP contribution in [0.5, 0.6) is 0 Å². The SMILES string of the molecule is C.CC(C)(C)OC(=O)N1C[C@@H](OC(=O)Nc2cccc3cnccc23)[C@H](c2ccccc2)C1.CC(C)(C)OC(=O)N1C[C@@H](OC(=S)Nc2cccc3cnccc23)[C@H](c2ccccc2)C1.O=C(Nc1cccc2cnccc12)O[C@@H]1CNC[C@H]1c1ccccc1. The third-order valence-corrected chi connectivity index (χ3v) is 15.4. The highest BCUT2D eigenvalue weighted by molar-refractivity contribution is 7.80. The van der Waals surface area contributed by atoms with E-state index in [1.165, 1.54) is 5.56 Å². The molecule has 6 heterocycles. The van der Waals surface area contributed by atoms with Gasteiger partial charge in [-0.05, 0) is 107 Å². The number of amides is 4. The second-order valence-electron chi connectivity index (χ2n) is 23.9. The summed E-state index contributed by atoms with van der Waals surface area (Å²) >= 11 is 5.55. The number of rotatable bonds is 9. The van der Waals surface area contributed by atoms with Gasteiger partial charge in [-0.3, -0.25) is 25.6 Å². The minimum absolute atomic E-state index is 0. The van der Waals surface area contributed by atoms with Gasteiger partial charge in [0.15, 0.2) is 0 Å². The van der Waals surface area contributed by atoms with Crippen LogP contribution in [-0.4, -0.2) is 123 Å². The molecule has 3 aromatic heterocycles. The van der Waals surface area contributed by atoms with E-state index in [2.05, 4.69) is 48.4 Å². The first-order chi connectivity index (χ1) is 42.9. The van der Waals surface area contributed by atoms with E-state index in [-0.39, 0.29) is 55.2 Å². The maximum absolute atomic E-state index is 12.8. The number of aromatic nitrogens is 3. The minimum atomic E-state index is -0.598. The summed E-state index contributed by atoms with van der Waals surface area (Å²) in [5.41, 5.74) is 4.36. The molecule has 0 unspecified atom stereocenters. The van der Waals surface area contributed by atoms with Crippen molar-refractivity contribution < 1.29 is 42.9 Å². The van der Waals surface area contributed by atoms with Gasteiger partial charge in [0, 0.05) is 119 Å². The number of ether oxygens (including phenoxy) is 5. The Labute approximate surface area is 530 Å². The van der Waals surface area contributed by atoms with Crippen molar-refractivity contribution in [3.05, 3.63) is 218 Å². The molecule has 12 rings (SSSR count). The van der Waals surface area contributed by atoms with Crippen LogP contribution in [0.3, 0.4) is 0 Å². The number of pyridine rings is 3. The van der Waals surface area contributed by atoms with E-state index in [1.54, 1.807) is 40.8 Å². The molecule has 9 aromatic rings. The second kappa shape index (κ2) is 29.5. The van der Waals surface area contributed by atoms with E-state index < -0.39 is 35.6 Å². The summed E-state index contributed by atoms with van der Waals surface area (Å²) in [6, 6.07) is 52.9. The fourth-order valence-electron chi connectivity index (χ4n) is 11.1. The van der Waals surface area contributed by atoms with Crippen LogP contribution in [-0.2, 0) is 23.7 Å². The number of carbonyl (C=O) groups excluding carboxylic acids is 4. The van der Waals surface area contributed by atoms with Gasteiger partial charge in [-0.25, -0.2) is 19.2 Å². The molecule has 0 aliphatic carbocycles. The molecule has 6 atom stereocenters. The largest absolute Gasteiger partial charge is 0.465 e. The predicted octanol–water partition coefficient (Wildman–Crippen LogP) is 14.7. The lowest BCUT2D eigenvalue weighted by atomic mass is 9.96. The highest BCUT2D eigenvalue weighted by Gasteiger charge is 2.42. The third-order valence-electron chi connectivity index (χ3n) is 15.2. The number of carbonyl (C=O) groups is 4. The van der Waals surface area contributed by atoms with Gasteiger partial charge in [0.2, 0.25) is 0 Å². The first kappa shape index (κ1) is 64.7. The third kappa shape index (κ3) is 17.1. The lowest BCUT2D eigenvalue weighted by Gasteiger charge is -2.24. The van der Waals surface area contributed by atoms with Crippen LogP contribution in [0.4, 0.5) is 36.2 Å². The van der Waals surface area contributed by atoms with Gasteiger partial charge in [0.05, 0.1) is 24.5 Å². The zero-order chi connectivity index (χ0) is 62.5. The molecule has 4 N–H and O–H groups in total. The molecule has 466 valence electrons. The zero-order valence-corrected chi connectivity index (χ0v) is 51.4. The average Bonchev–Trinajstić information content (AvgIpc) is 1.70. The van der Waals surface area contributed by atoms with Crippen LogP contribution in [0.25, 0.3) is 32.3 Å². The standard InChI is InChI=1S/C25H27N3O4.C25H27N3O3S.C20H19N3O2.CH4/c1-25(2,3)32-24(30)28-15-20(17-8-5-4-6-9-17)22(16-28)31-23(29)27-21-11-7-10-18-14-26-13-12-19(18)21;1-25(2,3)31-24(29)28-15-20(17-8-5-4-6-9-17)22(16-28)30-23(32)27-21-11-7-10-18-14-26-13-12-19(18)21;24-20(23-18-8-4-7-15-11-21-10-9-16(15)18)25-19-13-22-12-17(19)14-5-2-1-3-6-14;/h4-14,20,22H,15-16H2,1-3H3,(H,27,29);4-14,20,22H,15-16H2,1-3H3,(H,27,32);1-11,17,19,22H,12-13H2,(H,23,24);1H4/t2*20-,22+;17-,19+;/m000./s1. The number of nitrogens with one attached hydrogen (secondary N) is 4. The number of hydrogen-bond donors (Lipinski definition) is 4. The van der Waals surface area contributed by atoms with E-state index in [1.807, 2.05) is 199 Å².